The molecule has 0 saturated heterocycles. The fourth-order valence-corrected chi connectivity index (χ4v) is 3.85. The SMILES string of the molecule is CC1(C(=O)O)CC=C(CNC(=O)c2cc(C(=O)NCc3ccnc(C(F)(F)F)c3)nc3ccnn23)CC1. The number of nitrogens with zero attached hydrogens (tertiary/aromatic N) is 4. The molecule has 1 aliphatic rings. The molecule has 1 atom stereocenters. The number of carboxylic acid groups (broad SMARTS) is 1. The van der Waals surface area contributed by atoms with Crippen molar-refractivity contribution >= 4 is 23.4 Å². The Kier molecular flexibility index (Phi) is 6.96. The monoisotopic (exact) mass is 516 g/mol. The lowest BCUT2D eigenvalue weighted by molar-refractivity contribution is -0.148. The molecule has 0 saturated carbocycles. The lowest BCUT2D eigenvalue weighted by Crippen LogP contribution is -2.33. The van der Waals surface area contributed by atoms with Crippen LogP contribution in [0.4, 0.5) is 13.2 Å². The number of aromatic nitrogens is 4. The minimum atomic E-state index is -4.61. The summed E-state index contributed by atoms with van der Waals surface area (Å²) in [6, 6.07) is 4.93. The van der Waals surface area contributed by atoms with Crippen molar-refractivity contribution in [3.8, 4) is 0 Å². The van der Waals surface area contributed by atoms with Gasteiger partial charge in [-0.05, 0) is 43.9 Å². The fraction of sp³-hybridized carbons (Fsp3) is 0.333. The number of hydrogen-bond acceptors (Lipinski definition) is 6. The molecule has 0 aliphatic heterocycles. The maximum atomic E-state index is 13.0. The summed E-state index contributed by atoms with van der Waals surface area (Å²) in [7, 11) is 0. The number of allylic oxidation sites excluding steroid dienone is 1. The molecular formula is C24H23F3N6O4. The summed E-state index contributed by atoms with van der Waals surface area (Å²) in [5, 5.41) is 18.7. The molecular weight excluding hydrogens is 493 g/mol. The van der Waals surface area contributed by atoms with Crippen LogP contribution in [0.25, 0.3) is 5.65 Å². The second-order valence-corrected chi connectivity index (χ2v) is 8.97. The van der Waals surface area contributed by atoms with Crippen LogP contribution >= 0.6 is 0 Å². The van der Waals surface area contributed by atoms with Crippen molar-refractivity contribution in [2.24, 2.45) is 5.41 Å². The van der Waals surface area contributed by atoms with Crippen molar-refractivity contribution in [3.05, 3.63) is 71.0 Å². The third kappa shape index (κ3) is 5.76. The number of amides is 2. The molecule has 10 nitrogen and oxygen atoms in total. The van der Waals surface area contributed by atoms with Crippen LogP contribution in [0.3, 0.4) is 0 Å². The van der Waals surface area contributed by atoms with Crippen molar-refractivity contribution < 1.29 is 32.7 Å². The van der Waals surface area contributed by atoms with E-state index in [1.165, 1.54) is 28.9 Å². The molecule has 1 unspecified atom stereocenters. The quantitative estimate of drug-likeness (QED) is 0.411. The molecule has 0 radical (unpaired) electrons. The first-order chi connectivity index (χ1) is 17.5. The first kappa shape index (κ1) is 25.8. The molecule has 194 valence electrons. The normalized spacial score (nSPS) is 17.8. The maximum absolute atomic E-state index is 13.0. The zero-order valence-electron chi connectivity index (χ0n) is 19.7. The van der Waals surface area contributed by atoms with Crippen molar-refractivity contribution in [2.45, 2.75) is 38.9 Å². The molecule has 2 amide bonds. The standard InChI is InChI=1S/C24H23F3N6O4/c1-23(22(36)37)6-2-14(3-7-23)12-30-21(35)17-11-16(32-19-5-9-31-33(17)19)20(34)29-13-15-4-8-28-18(10-15)24(25,26)27/h2,4-5,8-11H,3,6-7,12-13H2,1H3,(H,29,34)(H,30,35)(H,36,37). The van der Waals surface area contributed by atoms with Crippen LogP contribution in [0.5, 0.6) is 0 Å². The molecule has 1 aliphatic carbocycles. The first-order valence-electron chi connectivity index (χ1n) is 11.3. The molecule has 0 bridgehead atoms. The number of pyridine rings is 1. The average molecular weight is 516 g/mol. The smallest absolute Gasteiger partial charge is 0.433 e. The highest BCUT2D eigenvalue weighted by Gasteiger charge is 2.34. The Morgan fingerprint density at radius 3 is 2.54 bits per heavy atom. The lowest BCUT2D eigenvalue weighted by Gasteiger charge is -2.28. The number of alkyl halides is 3. The summed E-state index contributed by atoms with van der Waals surface area (Å²) < 4.78 is 39.9. The summed E-state index contributed by atoms with van der Waals surface area (Å²) >= 11 is 0. The van der Waals surface area contributed by atoms with Gasteiger partial charge in [0.2, 0.25) is 0 Å². The second-order valence-electron chi connectivity index (χ2n) is 8.97. The summed E-state index contributed by atoms with van der Waals surface area (Å²) in [6.45, 7) is 1.68. The van der Waals surface area contributed by atoms with E-state index >= 15 is 0 Å². The molecule has 3 aromatic rings. The number of aliphatic carboxylic acids is 1. The van der Waals surface area contributed by atoms with Crippen LogP contribution in [0.15, 0.2) is 48.3 Å². The van der Waals surface area contributed by atoms with Crippen LogP contribution in [0.1, 0.15) is 58.4 Å². The summed E-state index contributed by atoms with van der Waals surface area (Å²) in [4.78, 5) is 44.6. The van der Waals surface area contributed by atoms with Gasteiger partial charge in [-0.2, -0.15) is 18.3 Å². The predicted molar refractivity (Wildman–Crippen MR) is 123 cm³/mol. The van der Waals surface area contributed by atoms with Crippen molar-refractivity contribution in [1.29, 1.82) is 0 Å². The van der Waals surface area contributed by atoms with Crippen LogP contribution < -0.4 is 10.6 Å². The summed E-state index contributed by atoms with van der Waals surface area (Å²) in [6.07, 6.45) is 0.958. The van der Waals surface area contributed by atoms with Gasteiger partial charge in [-0.3, -0.25) is 19.4 Å². The van der Waals surface area contributed by atoms with Gasteiger partial charge in [-0.25, -0.2) is 9.50 Å². The number of carbonyl (C=O) groups is 3. The lowest BCUT2D eigenvalue weighted by atomic mass is 9.76. The van der Waals surface area contributed by atoms with E-state index in [4.69, 9.17) is 0 Å². The van der Waals surface area contributed by atoms with E-state index in [0.717, 1.165) is 17.8 Å². The number of fused-ring (bicyclic) bond motifs is 1. The zero-order chi connectivity index (χ0) is 26.8. The highest BCUT2D eigenvalue weighted by atomic mass is 19.4. The molecule has 3 aromatic heterocycles. The Hall–Kier alpha value is -4.29. The number of rotatable bonds is 7. The van der Waals surface area contributed by atoms with E-state index in [2.05, 4.69) is 25.7 Å². The number of nitrogens with one attached hydrogen (secondary N) is 2. The van der Waals surface area contributed by atoms with Crippen LogP contribution in [0, 0.1) is 5.41 Å². The van der Waals surface area contributed by atoms with Gasteiger partial charge in [0.15, 0.2) is 5.65 Å². The van der Waals surface area contributed by atoms with Gasteiger partial charge in [0, 0.05) is 31.4 Å². The van der Waals surface area contributed by atoms with Gasteiger partial charge in [0.05, 0.1) is 11.6 Å². The Labute approximate surface area is 208 Å². The minimum Gasteiger partial charge on any atom is -0.481 e. The first-order valence-corrected chi connectivity index (χ1v) is 11.3. The molecule has 4 rings (SSSR count). The number of carboxylic acids is 1. The van der Waals surface area contributed by atoms with Gasteiger partial charge in [-0.15, -0.1) is 0 Å². The zero-order valence-corrected chi connectivity index (χ0v) is 19.7. The van der Waals surface area contributed by atoms with Gasteiger partial charge >= 0.3 is 12.1 Å². The van der Waals surface area contributed by atoms with E-state index in [9.17, 15) is 32.7 Å². The molecule has 3 N–H and O–H groups in total. The van der Waals surface area contributed by atoms with Crippen molar-refractivity contribution in [1.82, 2.24) is 30.2 Å². The molecule has 0 fully saturated rings. The molecule has 0 aromatic carbocycles. The third-order valence-electron chi connectivity index (χ3n) is 6.22. The topological polar surface area (TPSA) is 139 Å². The van der Waals surface area contributed by atoms with Gasteiger partial charge < -0.3 is 15.7 Å². The number of hydrogen-bond donors (Lipinski definition) is 3. The van der Waals surface area contributed by atoms with Gasteiger partial charge in [0.1, 0.15) is 17.1 Å². The highest BCUT2D eigenvalue weighted by Crippen LogP contribution is 2.35. The van der Waals surface area contributed by atoms with E-state index < -0.39 is 35.1 Å². The summed E-state index contributed by atoms with van der Waals surface area (Å²) in [5.74, 6) is -2.08. The minimum absolute atomic E-state index is 0.0372. The van der Waals surface area contributed by atoms with Crippen molar-refractivity contribution in [2.75, 3.05) is 6.54 Å². The Morgan fingerprint density at radius 2 is 1.86 bits per heavy atom. The molecule has 0 spiro atoms. The van der Waals surface area contributed by atoms with E-state index in [1.807, 2.05) is 6.08 Å². The number of halogens is 3. The van der Waals surface area contributed by atoms with Crippen molar-refractivity contribution in [3.63, 3.8) is 0 Å². The Bertz CT molecular complexity index is 1400. The average Bonchev–Trinajstić information content (AvgIpc) is 3.34. The number of carbonyl (C=O) groups excluding carboxylic acids is 2. The Balaban J connectivity index is 1.46. The predicted octanol–water partition coefficient (Wildman–Crippen LogP) is 3.00. The van der Waals surface area contributed by atoms with E-state index in [1.54, 1.807) is 6.92 Å². The third-order valence-corrected chi connectivity index (χ3v) is 6.22. The summed E-state index contributed by atoms with van der Waals surface area (Å²) in [5.41, 5.74) is -0.655. The fourth-order valence-electron chi connectivity index (χ4n) is 3.85. The van der Waals surface area contributed by atoms with E-state index in [0.29, 0.717) is 19.3 Å². The van der Waals surface area contributed by atoms with E-state index in [-0.39, 0.29) is 35.7 Å². The molecule has 13 heteroatoms. The molecule has 37 heavy (non-hydrogen) atoms. The Morgan fingerprint density at radius 1 is 1.11 bits per heavy atom. The van der Waals surface area contributed by atoms with Gasteiger partial charge in [-0.1, -0.05) is 11.6 Å². The van der Waals surface area contributed by atoms with Crippen LogP contribution in [0.2, 0.25) is 0 Å². The van der Waals surface area contributed by atoms with Gasteiger partial charge in [0.25, 0.3) is 11.8 Å². The van der Waals surface area contributed by atoms with Crippen LogP contribution in [-0.2, 0) is 17.5 Å². The second kappa shape index (κ2) is 9.99. The van der Waals surface area contributed by atoms with Crippen LogP contribution in [-0.4, -0.2) is 49.0 Å². The maximum Gasteiger partial charge on any atom is 0.433 e. The highest BCUT2D eigenvalue weighted by molar-refractivity contribution is 5.98. The molecule has 3 heterocycles. The largest absolute Gasteiger partial charge is 0.481 e.